The number of fused-ring (bicyclic) bond motifs is 1. The highest BCUT2D eigenvalue weighted by atomic mass is 16.5. The summed E-state index contributed by atoms with van der Waals surface area (Å²) in [5.41, 5.74) is 2.39. The smallest absolute Gasteiger partial charge is 0.342 e. The Morgan fingerprint density at radius 3 is 2.74 bits per heavy atom. The standard InChI is InChI=1S/C27H32N2O5/c1-3-33-27(32)25-24-20(14-16-29-15-13-18(17-29)9-12-23(31)28-2)21(30)10-11-22(24)34-26(25)19-7-5-4-6-8-19/h4-8,10-11,18,30H,3,9,12-17H2,1-2H3,(H,28,31). The van der Waals surface area contributed by atoms with Gasteiger partial charge in [0.15, 0.2) is 0 Å². The fraction of sp³-hybridized carbons (Fsp3) is 0.407. The van der Waals surface area contributed by atoms with Crippen LogP contribution in [-0.4, -0.2) is 55.2 Å². The third-order valence-corrected chi connectivity index (χ3v) is 6.56. The minimum absolute atomic E-state index is 0.0794. The Morgan fingerprint density at radius 1 is 1.21 bits per heavy atom. The Balaban J connectivity index is 1.60. The van der Waals surface area contributed by atoms with Crippen LogP contribution in [0.25, 0.3) is 22.3 Å². The van der Waals surface area contributed by atoms with E-state index in [1.807, 2.05) is 30.3 Å². The number of aromatic hydroxyl groups is 1. The van der Waals surface area contributed by atoms with Gasteiger partial charge in [0.05, 0.1) is 6.61 Å². The third kappa shape index (κ3) is 5.09. The van der Waals surface area contributed by atoms with Crippen LogP contribution >= 0.6 is 0 Å². The number of nitrogens with one attached hydrogen (secondary N) is 1. The van der Waals surface area contributed by atoms with Crippen molar-refractivity contribution in [2.24, 2.45) is 5.92 Å². The average molecular weight is 465 g/mol. The lowest BCUT2D eigenvalue weighted by Crippen LogP contribution is -2.24. The lowest BCUT2D eigenvalue weighted by atomic mass is 9.99. The number of phenolic OH excluding ortho intramolecular Hbond substituents is 1. The number of ether oxygens (including phenoxy) is 1. The van der Waals surface area contributed by atoms with Crippen LogP contribution in [0.1, 0.15) is 42.1 Å². The maximum Gasteiger partial charge on any atom is 0.342 e. The topological polar surface area (TPSA) is 92.0 Å². The summed E-state index contributed by atoms with van der Waals surface area (Å²) < 4.78 is 11.5. The minimum Gasteiger partial charge on any atom is -0.508 e. The summed E-state index contributed by atoms with van der Waals surface area (Å²) in [6.07, 6.45) is 3.07. The average Bonchev–Trinajstić information content (AvgIpc) is 3.47. The maximum absolute atomic E-state index is 13.0. The van der Waals surface area contributed by atoms with Crippen LogP contribution in [-0.2, 0) is 16.0 Å². The van der Waals surface area contributed by atoms with Gasteiger partial charge >= 0.3 is 5.97 Å². The first kappa shape index (κ1) is 23.8. The van der Waals surface area contributed by atoms with Crippen molar-refractivity contribution in [3.05, 3.63) is 53.6 Å². The molecule has 7 heteroatoms. The summed E-state index contributed by atoms with van der Waals surface area (Å²) in [5, 5.41) is 14.1. The van der Waals surface area contributed by atoms with E-state index >= 15 is 0 Å². The summed E-state index contributed by atoms with van der Waals surface area (Å²) in [5.74, 6) is 0.721. The van der Waals surface area contributed by atoms with Crippen molar-refractivity contribution >= 4 is 22.8 Å². The third-order valence-electron chi connectivity index (χ3n) is 6.56. The van der Waals surface area contributed by atoms with Crippen molar-refractivity contribution in [1.82, 2.24) is 10.2 Å². The van der Waals surface area contributed by atoms with Gasteiger partial charge in [-0.2, -0.15) is 0 Å². The zero-order valence-corrected chi connectivity index (χ0v) is 19.8. The Hall–Kier alpha value is -3.32. The second-order valence-electron chi connectivity index (χ2n) is 8.75. The summed E-state index contributed by atoms with van der Waals surface area (Å²) in [6, 6.07) is 12.8. The highest BCUT2D eigenvalue weighted by Gasteiger charge is 2.28. The van der Waals surface area contributed by atoms with Crippen LogP contribution < -0.4 is 5.32 Å². The molecule has 34 heavy (non-hydrogen) atoms. The van der Waals surface area contributed by atoms with Gasteiger partial charge in [-0.15, -0.1) is 0 Å². The van der Waals surface area contributed by atoms with Crippen molar-refractivity contribution < 1.29 is 23.8 Å². The molecule has 7 nitrogen and oxygen atoms in total. The molecule has 1 aliphatic heterocycles. The number of rotatable bonds is 9. The SMILES string of the molecule is CCOC(=O)c1c(-c2ccccc2)oc2ccc(O)c(CCN3CCC(CCC(=O)NC)C3)c12. The minimum atomic E-state index is -0.456. The monoisotopic (exact) mass is 464 g/mol. The number of furan rings is 1. The van der Waals surface area contributed by atoms with Gasteiger partial charge in [0.2, 0.25) is 5.91 Å². The largest absolute Gasteiger partial charge is 0.508 e. The Labute approximate surface area is 199 Å². The fourth-order valence-corrected chi connectivity index (χ4v) is 4.77. The molecule has 2 heterocycles. The first-order valence-electron chi connectivity index (χ1n) is 11.9. The first-order chi connectivity index (χ1) is 16.5. The Morgan fingerprint density at radius 2 is 2.00 bits per heavy atom. The number of hydrogen-bond acceptors (Lipinski definition) is 6. The van der Waals surface area contributed by atoms with Gasteiger partial charge in [-0.1, -0.05) is 30.3 Å². The lowest BCUT2D eigenvalue weighted by molar-refractivity contribution is -0.120. The van der Waals surface area contributed by atoms with Crippen molar-refractivity contribution in [3.8, 4) is 17.1 Å². The van der Waals surface area contributed by atoms with Crippen LogP contribution in [0.4, 0.5) is 0 Å². The summed E-state index contributed by atoms with van der Waals surface area (Å²) in [4.78, 5) is 26.9. The van der Waals surface area contributed by atoms with Crippen LogP contribution in [0.5, 0.6) is 5.75 Å². The zero-order valence-electron chi connectivity index (χ0n) is 19.8. The number of esters is 1. The molecule has 1 saturated heterocycles. The molecule has 1 unspecified atom stereocenters. The first-order valence-corrected chi connectivity index (χ1v) is 11.9. The molecule has 0 spiro atoms. The second kappa shape index (κ2) is 10.7. The number of amides is 1. The van der Waals surface area contributed by atoms with E-state index in [0.717, 1.165) is 38.0 Å². The van der Waals surface area contributed by atoms with Crippen molar-refractivity contribution in [3.63, 3.8) is 0 Å². The Kier molecular flexibility index (Phi) is 7.53. The molecule has 4 rings (SSSR count). The van der Waals surface area contributed by atoms with Gasteiger partial charge in [0, 0.05) is 43.1 Å². The second-order valence-corrected chi connectivity index (χ2v) is 8.75. The molecule has 2 N–H and O–H groups in total. The molecule has 0 saturated carbocycles. The number of phenols is 1. The lowest BCUT2D eigenvalue weighted by Gasteiger charge is -2.17. The normalized spacial score (nSPS) is 16.1. The van der Waals surface area contributed by atoms with E-state index < -0.39 is 5.97 Å². The van der Waals surface area contributed by atoms with E-state index in [0.29, 0.717) is 46.6 Å². The van der Waals surface area contributed by atoms with Crippen molar-refractivity contribution in [1.29, 1.82) is 0 Å². The molecule has 1 aromatic heterocycles. The van der Waals surface area contributed by atoms with Crippen LogP contribution in [0.15, 0.2) is 46.9 Å². The van der Waals surface area contributed by atoms with E-state index in [1.54, 1.807) is 26.1 Å². The maximum atomic E-state index is 13.0. The molecule has 1 aliphatic rings. The molecule has 3 aromatic rings. The van der Waals surface area contributed by atoms with Gasteiger partial charge < -0.3 is 24.5 Å². The highest BCUT2D eigenvalue weighted by molar-refractivity contribution is 6.10. The summed E-state index contributed by atoms with van der Waals surface area (Å²) in [6.45, 7) is 4.66. The summed E-state index contributed by atoms with van der Waals surface area (Å²) >= 11 is 0. The number of carbonyl (C=O) groups excluding carboxylic acids is 2. The molecule has 1 atom stereocenters. The number of benzene rings is 2. The van der Waals surface area contributed by atoms with Gasteiger partial charge in [-0.25, -0.2) is 4.79 Å². The van der Waals surface area contributed by atoms with Crippen LogP contribution in [0.3, 0.4) is 0 Å². The number of hydrogen-bond donors (Lipinski definition) is 2. The number of nitrogens with zero attached hydrogens (tertiary/aromatic N) is 1. The van der Waals surface area contributed by atoms with Gasteiger partial charge in [-0.3, -0.25) is 4.79 Å². The number of carbonyl (C=O) groups is 2. The summed E-state index contributed by atoms with van der Waals surface area (Å²) in [7, 11) is 1.67. The molecule has 180 valence electrons. The Bertz CT molecular complexity index is 1150. The molecule has 1 fully saturated rings. The van der Waals surface area contributed by atoms with E-state index in [-0.39, 0.29) is 18.3 Å². The number of likely N-dealkylation sites (tertiary alicyclic amines) is 1. The van der Waals surface area contributed by atoms with Gasteiger partial charge in [0.1, 0.15) is 22.7 Å². The fourth-order valence-electron chi connectivity index (χ4n) is 4.77. The highest BCUT2D eigenvalue weighted by Crippen LogP contribution is 2.39. The van der Waals surface area contributed by atoms with E-state index in [4.69, 9.17) is 9.15 Å². The molecule has 0 aliphatic carbocycles. The zero-order chi connectivity index (χ0) is 24.1. The molecular formula is C27H32N2O5. The molecule has 1 amide bonds. The van der Waals surface area contributed by atoms with Crippen LogP contribution in [0.2, 0.25) is 0 Å². The van der Waals surface area contributed by atoms with Gasteiger partial charge in [-0.05, 0) is 50.8 Å². The quantitative estimate of drug-likeness (QED) is 0.457. The predicted molar refractivity (Wildman–Crippen MR) is 131 cm³/mol. The molecule has 0 radical (unpaired) electrons. The molecule has 2 aromatic carbocycles. The van der Waals surface area contributed by atoms with Crippen molar-refractivity contribution in [2.45, 2.75) is 32.6 Å². The van der Waals surface area contributed by atoms with E-state index in [9.17, 15) is 14.7 Å². The van der Waals surface area contributed by atoms with Crippen LogP contribution in [0, 0.1) is 5.92 Å². The van der Waals surface area contributed by atoms with Gasteiger partial charge in [0.25, 0.3) is 0 Å². The predicted octanol–water partition coefficient (Wildman–Crippen LogP) is 4.37. The van der Waals surface area contributed by atoms with Crippen molar-refractivity contribution in [2.75, 3.05) is 33.3 Å². The molecule has 0 bridgehead atoms. The molecular weight excluding hydrogens is 432 g/mol. The van der Waals surface area contributed by atoms with E-state index in [2.05, 4.69) is 10.2 Å². The van der Waals surface area contributed by atoms with E-state index in [1.165, 1.54) is 0 Å².